The molecule has 11 heteroatoms. The van der Waals surface area contributed by atoms with Gasteiger partial charge < -0.3 is 24.4 Å². The molecule has 2 bridgehead atoms. The summed E-state index contributed by atoms with van der Waals surface area (Å²) in [7, 11) is 0. The summed E-state index contributed by atoms with van der Waals surface area (Å²) in [5.74, 6) is -3.19. The molecule has 1 aromatic carbocycles. The van der Waals surface area contributed by atoms with Gasteiger partial charge in [-0.3, -0.25) is 14.4 Å². The molecule has 1 aromatic heterocycles. The fourth-order valence-corrected chi connectivity index (χ4v) is 6.94. The molecule has 3 fully saturated rings. The number of fused-ring (bicyclic) bond motifs is 2. The molecule has 11 nitrogen and oxygen atoms in total. The fraction of sp³-hybridized carbons (Fsp3) is 0.552. The van der Waals surface area contributed by atoms with Crippen molar-refractivity contribution in [2.24, 2.45) is 17.8 Å². The standard InChI is InChI=1S/C29H37N5O6/c1-6-8-14-39-27(38)23-22-25(36)34(19(4)16-35)24(29(22)15-18(3)28(23,5)40-29)26(37)32(13-7-2)17-33-21-12-10-9-11-20(21)30-31-33/h6-7,9-12,18-19,22-24,35H,1-2,8,13-17H2,3-5H3/t18?,19-,22+,23-,24?,28+,29?/m1/s1. The number of ether oxygens (including phenoxy) is 2. The molecule has 4 heterocycles. The second-order valence-corrected chi connectivity index (χ2v) is 11.3. The fourth-order valence-electron chi connectivity index (χ4n) is 6.94. The lowest BCUT2D eigenvalue weighted by Crippen LogP contribution is -2.58. The topological polar surface area (TPSA) is 127 Å². The number of benzene rings is 1. The van der Waals surface area contributed by atoms with Crippen LogP contribution in [0.4, 0.5) is 0 Å². The first-order chi connectivity index (χ1) is 19.1. The van der Waals surface area contributed by atoms with Gasteiger partial charge >= 0.3 is 5.97 Å². The van der Waals surface area contributed by atoms with Crippen molar-refractivity contribution >= 4 is 28.8 Å². The van der Waals surface area contributed by atoms with Crippen LogP contribution in [-0.4, -0.2) is 90.7 Å². The molecule has 40 heavy (non-hydrogen) atoms. The van der Waals surface area contributed by atoms with E-state index in [4.69, 9.17) is 9.47 Å². The third-order valence-electron chi connectivity index (χ3n) is 8.93. The highest BCUT2D eigenvalue weighted by molar-refractivity contribution is 5.98. The number of aliphatic hydroxyl groups excluding tert-OH is 1. The second kappa shape index (κ2) is 10.4. The molecule has 5 rings (SSSR count). The lowest BCUT2D eigenvalue weighted by Gasteiger charge is -2.38. The van der Waals surface area contributed by atoms with Crippen LogP contribution < -0.4 is 0 Å². The largest absolute Gasteiger partial charge is 0.465 e. The van der Waals surface area contributed by atoms with Gasteiger partial charge in [-0.25, -0.2) is 4.68 Å². The van der Waals surface area contributed by atoms with E-state index in [0.717, 1.165) is 5.52 Å². The number of likely N-dealkylation sites (tertiary alicyclic amines) is 1. The maximum absolute atomic E-state index is 14.5. The summed E-state index contributed by atoms with van der Waals surface area (Å²) in [6.07, 6.45) is 4.16. The third kappa shape index (κ3) is 4.05. The van der Waals surface area contributed by atoms with Crippen LogP contribution in [0.3, 0.4) is 0 Å². The van der Waals surface area contributed by atoms with E-state index in [1.807, 2.05) is 38.1 Å². The smallest absolute Gasteiger partial charge is 0.312 e. The predicted molar refractivity (Wildman–Crippen MR) is 145 cm³/mol. The first-order valence-corrected chi connectivity index (χ1v) is 13.7. The predicted octanol–water partition coefficient (Wildman–Crippen LogP) is 1.91. The van der Waals surface area contributed by atoms with Crippen LogP contribution in [0, 0.1) is 17.8 Å². The number of aromatic nitrogens is 3. The van der Waals surface area contributed by atoms with Crippen LogP contribution in [0.2, 0.25) is 0 Å². The first-order valence-electron chi connectivity index (χ1n) is 13.7. The summed E-state index contributed by atoms with van der Waals surface area (Å²) in [5, 5.41) is 18.6. The van der Waals surface area contributed by atoms with Gasteiger partial charge in [0.05, 0.1) is 36.3 Å². The van der Waals surface area contributed by atoms with Crippen LogP contribution in [0.25, 0.3) is 11.0 Å². The lowest BCUT2D eigenvalue weighted by molar-refractivity contribution is -0.163. The number of hydrogen-bond donors (Lipinski definition) is 1. The summed E-state index contributed by atoms with van der Waals surface area (Å²) in [4.78, 5) is 45.1. The van der Waals surface area contributed by atoms with Gasteiger partial charge in [0.1, 0.15) is 29.7 Å². The molecular weight excluding hydrogens is 514 g/mol. The molecule has 0 saturated carbocycles. The maximum Gasteiger partial charge on any atom is 0.312 e. The van der Waals surface area contributed by atoms with Crippen molar-refractivity contribution in [2.75, 3.05) is 19.8 Å². The number of rotatable bonds is 11. The molecular formula is C29H37N5O6. The zero-order valence-corrected chi connectivity index (χ0v) is 23.2. The molecule has 7 atom stereocenters. The summed E-state index contributed by atoms with van der Waals surface area (Å²) in [6.45, 7) is 13.0. The molecule has 214 valence electrons. The van der Waals surface area contributed by atoms with Gasteiger partial charge in [0, 0.05) is 6.54 Å². The number of nitrogens with zero attached hydrogens (tertiary/aromatic N) is 5. The monoisotopic (exact) mass is 551 g/mol. The van der Waals surface area contributed by atoms with Crippen LogP contribution in [0.1, 0.15) is 33.6 Å². The molecule has 2 aromatic rings. The van der Waals surface area contributed by atoms with Gasteiger partial charge in [-0.05, 0) is 44.7 Å². The van der Waals surface area contributed by atoms with Crippen molar-refractivity contribution in [3.63, 3.8) is 0 Å². The molecule has 3 saturated heterocycles. The van der Waals surface area contributed by atoms with Crippen molar-refractivity contribution in [3.05, 3.63) is 49.6 Å². The van der Waals surface area contributed by atoms with Crippen molar-refractivity contribution in [2.45, 2.75) is 63.6 Å². The lowest BCUT2D eigenvalue weighted by atomic mass is 9.62. The van der Waals surface area contributed by atoms with Crippen molar-refractivity contribution < 1.29 is 29.0 Å². The summed E-state index contributed by atoms with van der Waals surface area (Å²) in [6, 6.07) is 5.70. The van der Waals surface area contributed by atoms with Gasteiger partial charge in [-0.15, -0.1) is 18.3 Å². The Morgan fingerprint density at radius 1 is 1.32 bits per heavy atom. The Kier molecular flexibility index (Phi) is 7.30. The van der Waals surface area contributed by atoms with E-state index in [-0.39, 0.29) is 44.2 Å². The number of para-hydroxylation sites is 1. The van der Waals surface area contributed by atoms with Crippen molar-refractivity contribution in [1.29, 1.82) is 0 Å². The first kappa shape index (κ1) is 28.0. The number of carbonyl (C=O) groups excluding carboxylic acids is 3. The number of hydrogen-bond acceptors (Lipinski definition) is 8. The maximum atomic E-state index is 14.5. The summed E-state index contributed by atoms with van der Waals surface area (Å²) < 4.78 is 13.9. The Labute approximate surface area is 233 Å². The summed E-state index contributed by atoms with van der Waals surface area (Å²) >= 11 is 0. The Morgan fingerprint density at radius 2 is 2.08 bits per heavy atom. The second-order valence-electron chi connectivity index (χ2n) is 11.3. The van der Waals surface area contributed by atoms with Crippen LogP contribution in [0.15, 0.2) is 49.6 Å². The molecule has 0 aliphatic carbocycles. The number of aliphatic hydroxyl groups is 1. The molecule has 3 aliphatic heterocycles. The van der Waals surface area contributed by atoms with E-state index in [1.165, 1.54) is 4.90 Å². The van der Waals surface area contributed by atoms with Gasteiger partial charge in [0.15, 0.2) is 0 Å². The summed E-state index contributed by atoms with van der Waals surface area (Å²) in [5.41, 5.74) is -0.789. The normalized spacial score (nSPS) is 31.3. The van der Waals surface area contributed by atoms with E-state index in [1.54, 1.807) is 28.7 Å². The molecule has 3 unspecified atom stereocenters. The molecule has 3 aliphatic rings. The molecule has 1 N–H and O–H groups in total. The van der Waals surface area contributed by atoms with Crippen LogP contribution in [-0.2, 0) is 30.5 Å². The minimum atomic E-state index is -1.25. The minimum absolute atomic E-state index is 0.0675. The van der Waals surface area contributed by atoms with E-state index in [9.17, 15) is 19.5 Å². The van der Waals surface area contributed by atoms with Gasteiger partial charge in [0.25, 0.3) is 0 Å². The van der Waals surface area contributed by atoms with E-state index in [2.05, 4.69) is 23.5 Å². The Morgan fingerprint density at radius 3 is 2.77 bits per heavy atom. The molecule has 0 radical (unpaired) electrons. The van der Waals surface area contributed by atoms with E-state index in [0.29, 0.717) is 18.4 Å². The Balaban J connectivity index is 1.55. The van der Waals surface area contributed by atoms with Crippen LogP contribution >= 0.6 is 0 Å². The van der Waals surface area contributed by atoms with Crippen molar-refractivity contribution in [1.82, 2.24) is 24.8 Å². The highest BCUT2D eigenvalue weighted by atomic mass is 16.6. The number of esters is 1. The van der Waals surface area contributed by atoms with Gasteiger partial charge in [0.2, 0.25) is 11.8 Å². The number of carbonyl (C=O) groups is 3. The van der Waals surface area contributed by atoms with E-state index >= 15 is 0 Å². The van der Waals surface area contributed by atoms with Gasteiger partial charge in [-0.1, -0.05) is 36.4 Å². The SMILES string of the molecule is C=CCCOC(=O)[C@H]1[C@H]2C(=O)N([C@H](C)CO)C(C(=O)N(CC=C)Cn3nnc4ccccc43)C23CC(C)[C@]1(C)O3. The molecule has 1 spiro atoms. The quantitative estimate of drug-likeness (QED) is 0.255. The highest BCUT2D eigenvalue weighted by Gasteiger charge is 2.80. The average molecular weight is 552 g/mol. The minimum Gasteiger partial charge on any atom is -0.465 e. The average Bonchev–Trinajstić information content (AvgIpc) is 3.61. The third-order valence-corrected chi connectivity index (χ3v) is 8.93. The van der Waals surface area contributed by atoms with E-state index < -0.39 is 41.1 Å². The van der Waals surface area contributed by atoms with Gasteiger partial charge in [-0.2, -0.15) is 0 Å². The number of amides is 2. The van der Waals surface area contributed by atoms with Crippen LogP contribution in [0.5, 0.6) is 0 Å². The Bertz CT molecular complexity index is 1340. The van der Waals surface area contributed by atoms with Crippen molar-refractivity contribution in [3.8, 4) is 0 Å². The Hall–Kier alpha value is -3.57. The highest BCUT2D eigenvalue weighted by Crippen LogP contribution is 2.65. The zero-order chi connectivity index (χ0) is 28.8. The zero-order valence-electron chi connectivity index (χ0n) is 23.2. The molecule has 2 amide bonds.